The zero-order valence-corrected chi connectivity index (χ0v) is 13.0. The van der Waals surface area contributed by atoms with Crippen LogP contribution in [0.3, 0.4) is 0 Å². The Morgan fingerprint density at radius 3 is 2.53 bits per heavy atom. The van der Waals surface area contributed by atoms with Crippen LogP contribution in [0.4, 0.5) is 0 Å². The summed E-state index contributed by atoms with van der Waals surface area (Å²) in [7, 11) is 0. The second-order valence-electron chi connectivity index (χ2n) is 5.62. The molecule has 1 amide bonds. The molecule has 1 atom stereocenters. The molecule has 0 aliphatic heterocycles. The summed E-state index contributed by atoms with van der Waals surface area (Å²) in [6, 6.07) is 4.82. The molecule has 3 nitrogen and oxygen atoms in total. The predicted octanol–water partition coefficient (Wildman–Crippen LogP) is 3.03. The van der Waals surface area contributed by atoms with Gasteiger partial charge >= 0.3 is 0 Å². The lowest BCUT2D eigenvalue weighted by molar-refractivity contribution is -0.124. The maximum atomic E-state index is 11.8. The number of amides is 1. The van der Waals surface area contributed by atoms with Gasteiger partial charge in [-0.05, 0) is 29.5 Å². The number of benzene rings is 1. The molecule has 19 heavy (non-hydrogen) atoms. The van der Waals surface area contributed by atoms with E-state index < -0.39 is 6.04 Å². The number of halogens is 2. The van der Waals surface area contributed by atoms with Gasteiger partial charge in [0.05, 0.1) is 6.04 Å². The van der Waals surface area contributed by atoms with Crippen molar-refractivity contribution >= 4 is 29.1 Å². The van der Waals surface area contributed by atoms with Crippen LogP contribution in [0.2, 0.25) is 10.0 Å². The van der Waals surface area contributed by atoms with Crippen LogP contribution in [0.1, 0.15) is 26.3 Å². The molecular weight excluding hydrogens is 283 g/mol. The summed E-state index contributed by atoms with van der Waals surface area (Å²) >= 11 is 11.9. The van der Waals surface area contributed by atoms with E-state index >= 15 is 0 Å². The summed E-state index contributed by atoms with van der Waals surface area (Å²) in [6.07, 6.45) is 0.651. The van der Waals surface area contributed by atoms with E-state index in [1.54, 1.807) is 12.1 Å². The third kappa shape index (κ3) is 5.01. The molecule has 1 aromatic carbocycles. The van der Waals surface area contributed by atoms with Gasteiger partial charge in [-0.15, -0.1) is 0 Å². The minimum Gasteiger partial charge on any atom is -0.354 e. The van der Waals surface area contributed by atoms with Crippen LogP contribution in [0.25, 0.3) is 0 Å². The summed E-state index contributed by atoms with van der Waals surface area (Å²) in [5.74, 6) is -0.141. The molecule has 3 N–H and O–H groups in total. The molecular formula is C14H20Cl2N2O. The minimum atomic E-state index is -0.520. The highest BCUT2D eigenvalue weighted by Crippen LogP contribution is 2.21. The SMILES string of the molecule is CC(C)(C)[C@H](N)C(=O)NCCc1ccc(Cl)cc1Cl. The van der Waals surface area contributed by atoms with Crippen LogP contribution in [0.15, 0.2) is 18.2 Å². The summed E-state index contributed by atoms with van der Waals surface area (Å²) in [4.78, 5) is 11.8. The van der Waals surface area contributed by atoms with Gasteiger partial charge in [0, 0.05) is 16.6 Å². The Labute approximate surface area is 124 Å². The smallest absolute Gasteiger partial charge is 0.237 e. The lowest BCUT2D eigenvalue weighted by Crippen LogP contribution is -2.48. The monoisotopic (exact) mass is 302 g/mol. The number of nitrogens with two attached hydrogens (primary N) is 1. The molecule has 0 unspecified atom stereocenters. The highest BCUT2D eigenvalue weighted by atomic mass is 35.5. The molecule has 0 spiro atoms. The highest BCUT2D eigenvalue weighted by Gasteiger charge is 2.26. The van der Waals surface area contributed by atoms with E-state index in [2.05, 4.69) is 5.32 Å². The summed E-state index contributed by atoms with van der Waals surface area (Å²) in [5.41, 5.74) is 6.57. The van der Waals surface area contributed by atoms with Gasteiger partial charge in [-0.25, -0.2) is 0 Å². The zero-order valence-electron chi connectivity index (χ0n) is 11.5. The minimum absolute atomic E-state index is 0.141. The molecule has 0 aromatic heterocycles. The molecule has 0 aliphatic carbocycles. The van der Waals surface area contributed by atoms with E-state index in [4.69, 9.17) is 28.9 Å². The summed E-state index contributed by atoms with van der Waals surface area (Å²) < 4.78 is 0. The van der Waals surface area contributed by atoms with Crippen LogP contribution < -0.4 is 11.1 Å². The zero-order chi connectivity index (χ0) is 14.6. The Hall–Kier alpha value is -0.770. The van der Waals surface area contributed by atoms with E-state index in [-0.39, 0.29) is 11.3 Å². The van der Waals surface area contributed by atoms with Crippen molar-refractivity contribution in [1.82, 2.24) is 5.32 Å². The third-order valence-electron chi connectivity index (χ3n) is 2.92. The van der Waals surface area contributed by atoms with Gasteiger partial charge < -0.3 is 11.1 Å². The molecule has 0 heterocycles. The Balaban J connectivity index is 2.48. The Bertz CT molecular complexity index is 455. The van der Waals surface area contributed by atoms with E-state index in [0.29, 0.717) is 23.0 Å². The van der Waals surface area contributed by atoms with Crippen molar-refractivity contribution in [3.05, 3.63) is 33.8 Å². The predicted molar refractivity (Wildman–Crippen MR) is 80.6 cm³/mol. The number of carbonyl (C=O) groups is 1. The maximum absolute atomic E-state index is 11.8. The van der Waals surface area contributed by atoms with Crippen molar-refractivity contribution in [2.45, 2.75) is 33.2 Å². The molecule has 5 heteroatoms. The molecule has 0 fully saturated rings. The van der Waals surface area contributed by atoms with Gasteiger partial charge in [0.15, 0.2) is 0 Å². The maximum Gasteiger partial charge on any atom is 0.237 e. The van der Waals surface area contributed by atoms with Crippen molar-refractivity contribution in [1.29, 1.82) is 0 Å². The quantitative estimate of drug-likeness (QED) is 0.898. The van der Waals surface area contributed by atoms with Gasteiger partial charge in [-0.1, -0.05) is 50.0 Å². The Morgan fingerprint density at radius 2 is 2.00 bits per heavy atom. The standard InChI is InChI=1S/C14H20Cl2N2O/c1-14(2,3)12(17)13(19)18-7-6-9-4-5-10(15)8-11(9)16/h4-5,8,12H,6-7,17H2,1-3H3,(H,18,19)/t12-/m1/s1. The van der Waals surface area contributed by atoms with Gasteiger partial charge in [-0.2, -0.15) is 0 Å². The van der Waals surface area contributed by atoms with Crippen molar-refractivity contribution in [3.63, 3.8) is 0 Å². The average molecular weight is 303 g/mol. The lowest BCUT2D eigenvalue weighted by atomic mass is 9.87. The van der Waals surface area contributed by atoms with Crippen LogP contribution in [-0.2, 0) is 11.2 Å². The van der Waals surface area contributed by atoms with E-state index in [9.17, 15) is 4.79 Å². The lowest BCUT2D eigenvalue weighted by Gasteiger charge is -2.25. The fraction of sp³-hybridized carbons (Fsp3) is 0.500. The molecule has 0 saturated heterocycles. The second-order valence-corrected chi connectivity index (χ2v) is 6.46. The molecule has 0 saturated carbocycles. The molecule has 106 valence electrons. The van der Waals surface area contributed by atoms with Crippen LogP contribution in [-0.4, -0.2) is 18.5 Å². The highest BCUT2D eigenvalue weighted by molar-refractivity contribution is 6.35. The fourth-order valence-electron chi connectivity index (χ4n) is 1.55. The normalized spacial score (nSPS) is 13.2. The van der Waals surface area contributed by atoms with Crippen LogP contribution >= 0.6 is 23.2 Å². The number of nitrogens with one attached hydrogen (secondary N) is 1. The summed E-state index contributed by atoms with van der Waals surface area (Å²) in [6.45, 7) is 6.32. The first-order valence-corrected chi connectivity index (χ1v) is 6.94. The van der Waals surface area contributed by atoms with Crippen LogP contribution in [0, 0.1) is 5.41 Å². The van der Waals surface area contributed by atoms with E-state index in [1.807, 2.05) is 26.8 Å². The summed E-state index contributed by atoms with van der Waals surface area (Å²) in [5, 5.41) is 4.04. The number of hydrogen-bond donors (Lipinski definition) is 2. The number of hydrogen-bond acceptors (Lipinski definition) is 2. The first-order valence-electron chi connectivity index (χ1n) is 6.19. The number of carbonyl (C=O) groups excluding carboxylic acids is 1. The molecule has 1 rings (SSSR count). The molecule has 0 radical (unpaired) electrons. The van der Waals surface area contributed by atoms with E-state index in [1.165, 1.54) is 0 Å². The Morgan fingerprint density at radius 1 is 1.37 bits per heavy atom. The largest absolute Gasteiger partial charge is 0.354 e. The van der Waals surface area contributed by atoms with Crippen molar-refractivity contribution in [3.8, 4) is 0 Å². The third-order valence-corrected chi connectivity index (χ3v) is 3.51. The average Bonchev–Trinajstić information content (AvgIpc) is 2.29. The first-order chi connectivity index (χ1) is 8.71. The van der Waals surface area contributed by atoms with Gasteiger partial charge in [0.25, 0.3) is 0 Å². The molecule has 0 bridgehead atoms. The molecule has 1 aromatic rings. The van der Waals surface area contributed by atoms with Crippen molar-refractivity contribution in [2.75, 3.05) is 6.54 Å². The first kappa shape index (κ1) is 16.3. The van der Waals surface area contributed by atoms with Crippen molar-refractivity contribution < 1.29 is 4.79 Å². The van der Waals surface area contributed by atoms with E-state index in [0.717, 1.165) is 5.56 Å². The van der Waals surface area contributed by atoms with Gasteiger partial charge in [0.1, 0.15) is 0 Å². The van der Waals surface area contributed by atoms with Gasteiger partial charge in [0.2, 0.25) is 5.91 Å². The van der Waals surface area contributed by atoms with Crippen molar-refractivity contribution in [2.24, 2.45) is 11.1 Å². The topological polar surface area (TPSA) is 55.1 Å². The molecule has 0 aliphatic rings. The number of rotatable bonds is 4. The van der Waals surface area contributed by atoms with Crippen LogP contribution in [0.5, 0.6) is 0 Å². The Kier molecular flexibility index (Phi) is 5.65. The van der Waals surface area contributed by atoms with Gasteiger partial charge in [-0.3, -0.25) is 4.79 Å². The fourth-order valence-corrected chi connectivity index (χ4v) is 2.05. The second kappa shape index (κ2) is 6.60.